The zero-order valence-electron chi connectivity index (χ0n) is 17.0. The maximum atomic E-state index is 5.52. The first-order chi connectivity index (χ1) is 14.1. The van der Waals surface area contributed by atoms with Crippen LogP contribution in [0.5, 0.6) is 11.5 Å². The molecule has 1 aliphatic rings. The van der Waals surface area contributed by atoms with Gasteiger partial charge in [-0.25, -0.2) is 4.99 Å². The lowest BCUT2D eigenvalue weighted by molar-refractivity contribution is 0.174. The average Bonchev–Trinajstić information content (AvgIpc) is 3.36. The van der Waals surface area contributed by atoms with Crippen molar-refractivity contribution in [1.29, 1.82) is 0 Å². The van der Waals surface area contributed by atoms with Gasteiger partial charge in [0.1, 0.15) is 6.54 Å². The Balaban J connectivity index is 1.45. The number of hydrogen-bond acceptors (Lipinski definition) is 5. The van der Waals surface area contributed by atoms with Gasteiger partial charge in [-0.2, -0.15) is 0 Å². The third-order valence-corrected chi connectivity index (χ3v) is 4.96. The van der Waals surface area contributed by atoms with Crippen LogP contribution < -0.4 is 20.1 Å². The number of aromatic nitrogens is 3. The van der Waals surface area contributed by atoms with Gasteiger partial charge in [0.25, 0.3) is 0 Å². The molecule has 0 spiro atoms. The Morgan fingerprint density at radius 2 is 2.00 bits per heavy atom. The number of benzene rings is 1. The molecule has 0 aliphatic carbocycles. The Morgan fingerprint density at radius 1 is 1.14 bits per heavy atom. The molecule has 3 aromatic rings. The molecule has 0 saturated heterocycles. The van der Waals surface area contributed by atoms with Gasteiger partial charge < -0.3 is 20.1 Å². The fourth-order valence-electron chi connectivity index (χ4n) is 3.21. The van der Waals surface area contributed by atoms with E-state index in [-0.39, 0.29) is 12.2 Å². The normalized spacial score (nSPS) is 13.7. The van der Waals surface area contributed by atoms with E-state index in [4.69, 9.17) is 9.47 Å². The highest BCUT2D eigenvalue weighted by molar-refractivity contribution is 5.79. The summed E-state index contributed by atoms with van der Waals surface area (Å²) in [4.78, 5) is 4.69. The summed E-state index contributed by atoms with van der Waals surface area (Å²) in [6, 6.07) is 11.9. The van der Waals surface area contributed by atoms with E-state index in [2.05, 4.69) is 51.8 Å². The van der Waals surface area contributed by atoms with Crippen molar-refractivity contribution in [2.45, 2.75) is 32.7 Å². The molecule has 0 fully saturated rings. The molecule has 152 valence electrons. The molecule has 1 aliphatic heterocycles. The van der Waals surface area contributed by atoms with Crippen molar-refractivity contribution >= 4 is 11.6 Å². The van der Waals surface area contributed by atoms with Crippen LogP contribution in [0, 0.1) is 0 Å². The Morgan fingerprint density at radius 3 is 2.86 bits per heavy atom. The van der Waals surface area contributed by atoms with E-state index < -0.39 is 0 Å². The number of fused-ring (bicyclic) bond motifs is 2. The summed E-state index contributed by atoms with van der Waals surface area (Å²) in [6.07, 6.45) is 1.95. The zero-order chi connectivity index (χ0) is 20.3. The number of hydrogen-bond donors (Lipinski definition) is 2. The molecule has 0 saturated carbocycles. The van der Waals surface area contributed by atoms with Crippen LogP contribution in [0.15, 0.2) is 47.6 Å². The second-order valence-electron chi connectivity index (χ2n) is 7.55. The largest absolute Gasteiger partial charge is 0.454 e. The zero-order valence-corrected chi connectivity index (χ0v) is 17.0. The van der Waals surface area contributed by atoms with Crippen LogP contribution in [0.4, 0.5) is 0 Å². The summed E-state index contributed by atoms with van der Waals surface area (Å²) >= 11 is 0. The SMILES string of the molecule is CCNC(=NCc1nnc2ccccn12)NCC(C)(C)c1ccc2c(c1)OCO2. The summed E-state index contributed by atoms with van der Waals surface area (Å²) in [7, 11) is 0. The summed E-state index contributed by atoms with van der Waals surface area (Å²) in [5, 5.41) is 15.2. The minimum atomic E-state index is -0.126. The van der Waals surface area contributed by atoms with E-state index in [0.717, 1.165) is 35.5 Å². The van der Waals surface area contributed by atoms with Crippen LogP contribution in [-0.2, 0) is 12.0 Å². The molecule has 0 amide bonds. The molecule has 8 heteroatoms. The number of aliphatic imine (C=N–C) groups is 1. The van der Waals surface area contributed by atoms with E-state index in [1.54, 1.807) is 0 Å². The predicted molar refractivity (Wildman–Crippen MR) is 111 cm³/mol. The number of nitrogens with zero attached hydrogens (tertiary/aromatic N) is 4. The van der Waals surface area contributed by atoms with Crippen molar-refractivity contribution in [1.82, 2.24) is 25.2 Å². The maximum Gasteiger partial charge on any atom is 0.231 e. The van der Waals surface area contributed by atoms with E-state index >= 15 is 0 Å². The van der Waals surface area contributed by atoms with Gasteiger partial charge in [-0.15, -0.1) is 10.2 Å². The Kier molecular flexibility index (Phi) is 5.24. The van der Waals surface area contributed by atoms with Crippen molar-refractivity contribution in [2.75, 3.05) is 19.9 Å². The first-order valence-electron chi connectivity index (χ1n) is 9.78. The van der Waals surface area contributed by atoms with Gasteiger partial charge in [-0.3, -0.25) is 4.40 Å². The monoisotopic (exact) mass is 394 g/mol. The van der Waals surface area contributed by atoms with E-state index in [0.29, 0.717) is 13.1 Å². The van der Waals surface area contributed by atoms with Crippen molar-refractivity contribution in [2.24, 2.45) is 4.99 Å². The Hall–Kier alpha value is -3.29. The number of guanidine groups is 1. The van der Waals surface area contributed by atoms with Crippen LogP contribution in [0.25, 0.3) is 5.65 Å². The number of nitrogens with one attached hydrogen (secondary N) is 2. The Bertz CT molecular complexity index is 1030. The van der Waals surface area contributed by atoms with Gasteiger partial charge >= 0.3 is 0 Å². The van der Waals surface area contributed by atoms with Gasteiger partial charge in [-0.05, 0) is 36.8 Å². The topological polar surface area (TPSA) is 85.1 Å². The lowest BCUT2D eigenvalue weighted by Crippen LogP contribution is -2.43. The predicted octanol–water partition coefficient (Wildman–Crippen LogP) is 2.49. The van der Waals surface area contributed by atoms with Crippen molar-refractivity contribution < 1.29 is 9.47 Å². The smallest absolute Gasteiger partial charge is 0.231 e. The molecular weight excluding hydrogens is 368 g/mol. The molecule has 2 N–H and O–H groups in total. The highest BCUT2D eigenvalue weighted by atomic mass is 16.7. The highest BCUT2D eigenvalue weighted by Crippen LogP contribution is 2.36. The van der Waals surface area contributed by atoms with Gasteiger partial charge in [-0.1, -0.05) is 26.0 Å². The van der Waals surface area contributed by atoms with Crippen LogP contribution in [-0.4, -0.2) is 40.4 Å². The number of rotatable bonds is 6. The first-order valence-corrected chi connectivity index (χ1v) is 9.78. The molecule has 8 nitrogen and oxygen atoms in total. The van der Waals surface area contributed by atoms with Gasteiger partial charge in [0.15, 0.2) is 28.9 Å². The fraction of sp³-hybridized carbons (Fsp3) is 0.381. The molecule has 1 aromatic carbocycles. The molecule has 4 rings (SSSR count). The number of pyridine rings is 1. The molecule has 0 bridgehead atoms. The molecule has 0 radical (unpaired) electrons. The molecule has 2 aromatic heterocycles. The molecule has 0 unspecified atom stereocenters. The van der Waals surface area contributed by atoms with E-state index in [1.807, 2.05) is 41.8 Å². The fourth-order valence-corrected chi connectivity index (χ4v) is 3.21. The lowest BCUT2D eigenvalue weighted by Gasteiger charge is -2.27. The van der Waals surface area contributed by atoms with E-state index in [1.165, 1.54) is 5.56 Å². The summed E-state index contributed by atoms with van der Waals surface area (Å²) in [5.74, 6) is 3.14. The highest BCUT2D eigenvalue weighted by Gasteiger charge is 2.24. The summed E-state index contributed by atoms with van der Waals surface area (Å²) in [5.41, 5.74) is 1.87. The van der Waals surface area contributed by atoms with E-state index in [9.17, 15) is 0 Å². The molecule has 29 heavy (non-hydrogen) atoms. The standard InChI is InChI=1S/C21H26N6O2/c1-4-22-20(23-12-19-26-25-18-7-5-6-10-27(18)19)24-13-21(2,3)15-8-9-16-17(11-15)29-14-28-16/h5-11H,4,12-14H2,1-3H3,(H2,22,23,24). The third-order valence-electron chi connectivity index (χ3n) is 4.96. The van der Waals surface area contributed by atoms with Gasteiger partial charge in [0.05, 0.1) is 0 Å². The third kappa shape index (κ3) is 4.11. The quantitative estimate of drug-likeness (QED) is 0.494. The second-order valence-corrected chi connectivity index (χ2v) is 7.55. The lowest BCUT2D eigenvalue weighted by atomic mass is 9.84. The van der Waals surface area contributed by atoms with Crippen LogP contribution in [0.1, 0.15) is 32.2 Å². The van der Waals surface area contributed by atoms with Gasteiger partial charge in [0, 0.05) is 24.7 Å². The van der Waals surface area contributed by atoms with Crippen molar-refractivity contribution in [3.8, 4) is 11.5 Å². The van der Waals surface area contributed by atoms with Gasteiger partial charge in [0.2, 0.25) is 6.79 Å². The van der Waals surface area contributed by atoms with Crippen LogP contribution >= 0.6 is 0 Å². The van der Waals surface area contributed by atoms with Crippen molar-refractivity contribution in [3.05, 3.63) is 54.0 Å². The second kappa shape index (κ2) is 7.98. The molecule has 3 heterocycles. The molecular formula is C21H26N6O2. The van der Waals surface area contributed by atoms with Crippen molar-refractivity contribution in [3.63, 3.8) is 0 Å². The Labute approximate surface area is 170 Å². The first kappa shape index (κ1) is 19.0. The summed E-state index contributed by atoms with van der Waals surface area (Å²) in [6.45, 7) is 8.62. The minimum absolute atomic E-state index is 0.126. The van der Waals surface area contributed by atoms with Crippen LogP contribution in [0.3, 0.4) is 0 Å². The average molecular weight is 394 g/mol. The summed E-state index contributed by atoms with van der Waals surface area (Å²) < 4.78 is 12.9. The minimum Gasteiger partial charge on any atom is -0.454 e. The maximum absolute atomic E-state index is 5.52. The molecule has 0 atom stereocenters. The van der Waals surface area contributed by atoms with Crippen LogP contribution in [0.2, 0.25) is 0 Å². The number of ether oxygens (including phenoxy) is 2.